The van der Waals surface area contributed by atoms with Gasteiger partial charge in [-0.15, -0.1) is 11.3 Å². The highest BCUT2D eigenvalue weighted by Gasteiger charge is 2.14. The lowest BCUT2D eigenvalue weighted by Gasteiger charge is -2.08. The van der Waals surface area contributed by atoms with Gasteiger partial charge < -0.3 is 10.4 Å². The Hall–Kier alpha value is -2.66. The summed E-state index contributed by atoms with van der Waals surface area (Å²) in [4.78, 5) is 16.4. The van der Waals surface area contributed by atoms with Crippen molar-refractivity contribution in [1.82, 2.24) is 4.98 Å². The number of fused-ring (bicyclic) bond motifs is 1. The lowest BCUT2D eigenvalue weighted by Crippen LogP contribution is -2.09. The molecule has 1 aromatic heterocycles. The van der Waals surface area contributed by atoms with Gasteiger partial charge >= 0.3 is 0 Å². The van der Waals surface area contributed by atoms with Crippen molar-refractivity contribution in [2.75, 3.05) is 5.32 Å². The van der Waals surface area contributed by atoms with Gasteiger partial charge in [-0.3, -0.25) is 4.79 Å². The number of nitrogens with one attached hydrogen (secondary N) is 1. The summed E-state index contributed by atoms with van der Waals surface area (Å²) in [6.45, 7) is 0. The van der Waals surface area contributed by atoms with Crippen LogP contribution in [0.5, 0.6) is 5.75 Å². The van der Waals surface area contributed by atoms with Crippen molar-refractivity contribution in [3.05, 3.63) is 53.4 Å². The summed E-state index contributed by atoms with van der Waals surface area (Å²) in [6, 6.07) is 13.2. The van der Waals surface area contributed by atoms with Crippen LogP contribution in [0.3, 0.4) is 0 Å². The fourth-order valence-electron chi connectivity index (χ4n) is 2.88. The molecule has 1 amide bonds. The minimum Gasteiger partial charge on any atom is -0.508 e. The maximum Gasteiger partial charge on any atom is 0.224 e. The largest absolute Gasteiger partial charge is 0.508 e. The predicted molar refractivity (Wildman–Crippen MR) is 96.2 cm³/mol. The normalized spacial score (nSPS) is 13.9. The minimum absolute atomic E-state index is 0.0878. The number of thiazole rings is 1. The van der Waals surface area contributed by atoms with Crippen molar-refractivity contribution in [3.63, 3.8) is 0 Å². The van der Waals surface area contributed by atoms with Gasteiger partial charge in [0.25, 0.3) is 0 Å². The van der Waals surface area contributed by atoms with Crippen LogP contribution in [0.15, 0.2) is 47.8 Å². The number of hydrogen-bond acceptors (Lipinski definition) is 4. The molecular formula is C19H16N2O2S. The third-order valence-electron chi connectivity index (χ3n) is 4.14. The number of phenols is 1. The van der Waals surface area contributed by atoms with Crippen LogP contribution >= 0.6 is 11.3 Å². The number of aryl methyl sites for hydroxylation is 1. The van der Waals surface area contributed by atoms with Gasteiger partial charge in [-0.1, -0.05) is 6.07 Å². The summed E-state index contributed by atoms with van der Waals surface area (Å²) in [5.74, 6) is 0.341. The lowest BCUT2D eigenvalue weighted by molar-refractivity contribution is -0.116. The molecule has 1 aliphatic rings. The SMILES string of the molecule is O=C1CCCc2cc(-c3csc(-c4ccc(O)cc4)n3)ccc2N1. The Morgan fingerprint density at radius 2 is 1.83 bits per heavy atom. The van der Waals surface area contributed by atoms with Gasteiger partial charge in [0.1, 0.15) is 10.8 Å². The van der Waals surface area contributed by atoms with E-state index in [1.165, 1.54) is 0 Å². The Balaban J connectivity index is 1.66. The predicted octanol–water partition coefficient (Wildman–Crippen LogP) is 4.46. The molecule has 0 bridgehead atoms. The Labute approximate surface area is 143 Å². The summed E-state index contributed by atoms with van der Waals surface area (Å²) in [5.41, 5.74) is 5.06. The molecule has 0 unspecified atom stereocenters. The highest BCUT2D eigenvalue weighted by molar-refractivity contribution is 7.13. The molecule has 2 aromatic carbocycles. The summed E-state index contributed by atoms with van der Waals surface area (Å²) < 4.78 is 0. The molecule has 120 valence electrons. The molecule has 0 spiro atoms. The summed E-state index contributed by atoms with van der Waals surface area (Å²) in [6.07, 6.45) is 2.35. The first-order valence-corrected chi connectivity index (χ1v) is 8.75. The number of carbonyl (C=O) groups excluding carboxylic acids is 1. The van der Waals surface area contributed by atoms with E-state index >= 15 is 0 Å². The van der Waals surface area contributed by atoms with Crippen LogP contribution in [0.1, 0.15) is 18.4 Å². The molecule has 0 radical (unpaired) electrons. The Bertz CT molecular complexity index is 900. The van der Waals surface area contributed by atoms with Crippen LogP contribution in [0.4, 0.5) is 5.69 Å². The number of anilines is 1. The second-order valence-corrected chi connectivity index (χ2v) is 6.72. The molecule has 0 fully saturated rings. The number of hydrogen-bond donors (Lipinski definition) is 2. The van der Waals surface area contributed by atoms with Crippen LogP contribution in [-0.2, 0) is 11.2 Å². The van der Waals surface area contributed by atoms with E-state index in [1.54, 1.807) is 23.5 Å². The fourth-order valence-corrected chi connectivity index (χ4v) is 3.71. The second-order valence-electron chi connectivity index (χ2n) is 5.86. The average molecular weight is 336 g/mol. The number of aromatic nitrogens is 1. The first-order chi connectivity index (χ1) is 11.7. The molecule has 4 nitrogen and oxygen atoms in total. The van der Waals surface area contributed by atoms with Crippen LogP contribution in [0.2, 0.25) is 0 Å². The van der Waals surface area contributed by atoms with E-state index in [9.17, 15) is 9.90 Å². The number of aromatic hydroxyl groups is 1. The number of phenolic OH excluding ortho intramolecular Hbond substituents is 1. The first kappa shape index (κ1) is 14.9. The zero-order valence-electron chi connectivity index (χ0n) is 13.0. The van der Waals surface area contributed by atoms with Gasteiger partial charge in [-0.2, -0.15) is 0 Å². The van der Waals surface area contributed by atoms with E-state index in [2.05, 4.69) is 11.4 Å². The van der Waals surface area contributed by atoms with Crippen molar-refractivity contribution in [2.24, 2.45) is 0 Å². The van der Waals surface area contributed by atoms with Gasteiger partial charge in [0, 0.05) is 28.6 Å². The van der Waals surface area contributed by atoms with Crippen LogP contribution in [0, 0.1) is 0 Å². The van der Waals surface area contributed by atoms with Crippen LogP contribution < -0.4 is 5.32 Å². The van der Waals surface area contributed by atoms with E-state index in [4.69, 9.17) is 4.98 Å². The summed E-state index contributed by atoms with van der Waals surface area (Å²) in [7, 11) is 0. The Kier molecular flexibility index (Phi) is 3.78. The fraction of sp³-hybridized carbons (Fsp3) is 0.158. The molecule has 0 saturated heterocycles. The zero-order chi connectivity index (χ0) is 16.5. The maximum atomic E-state index is 11.6. The highest BCUT2D eigenvalue weighted by Crippen LogP contribution is 2.32. The molecule has 3 aromatic rings. The van der Waals surface area contributed by atoms with Gasteiger partial charge in [-0.05, 0) is 54.8 Å². The number of benzene rings is 2. The van der Waals surface area contributed by atoms with Crippen molar-refractivity contribution < 1.29 is 9.90 Å². The quantitative estimate of drug-likeness (QED) is 0.726. The van der Waals surface area contributed by atoms with Crippen molar-refractivity contribution >= 4 is 22.9 Å². The highest BCUT2D eigenvalue weighted by atomic mass is 32.1. The molecule has 1 aliphatic heterocycles. The number of carbonyl (C=O) groups is 1. The van der Waals surface area contributed by atoms with Gasteiger partial charge in [0.05, 0.1) is 5.69 Å². The molecule has 2 heterocycles. The number of nitrogens with zero attached hydrogens (tertiary/aromatic N) is 1. The molecule has 5 heteroatoms. The topological polar surface area (TPSA) is 62.2 Å². The van der Waals surface area contributed by atoms with Gasteiger partial charge in [-0.25, -0.2) is 4.98 Å². The van der Waals surface area contributed by atoms with Crippen molar-refractivity contribution in [1.29, 1.82) is 0 Å². The molecule has 2 N–H and O–H groups in total. The zero-order valence-corrected chi connectivity index (χ0v) is 13.8. The summed E-state index contributed by atoms with van der Waals surface area (Å²) >= 11 is 1.58. The standard InChI is InChI=1S/C19H16N2O2S/c22-15-7-4-12(5-8-15)19-21-17(11-24-19)14-6-9-16-13(10-14)2-1-3-18(23)20-16/h4-11,22H,1-3H2,(H,20,23). The van der Waals surface area contributed by atoms with E-state index in [0.717, 1.165) is 45.9 Å². The number of rotatable bonds is 2. The minimum atomic E-state index is 0.0878. The molecule has 0 atom stereocenters. The first-order valence-electron chi connectivity index (χ1n) is 7.87. The molecule has 24 heavy (non-hydrogen) atoms. The number of amides is 1. The molecule has 4 rings (SSSR count). The van der Waals surface area contributed by atoms with Crippen LogP contribution in [0.25, 0.3) is 21.8 Å². The van der Waals surface area contributed by atoms with E-state index in [-0.39, 0.29) is 11.7 Å². The molecule has 0 saturated carbocycles. The second kappa shape index (κ2) is 6.09. The van der Waals surface area contributed by atoms with Crippen molar-refractivity contribution in [3.8, 4) is 27.6 Å². The third kappa shape index (κ3) is 2.90. The van der Waals surface area contributed by atoms with E-state index in [1.807, 2.05) is 29.6 Å². The van der Waals surface area contributed by atoms with E-state index in [0.29, 0.717) is 6.42 Å². The van der Waals surface area contributed by atoms with Crippen molar-refractivity contribution in [2.45, 2.75) is 19.3 Å². The third-order valence-corrected chi connectivity index (χ3v) is 5.03. The monoisotopic (exact) mass is 336 g/mol. The van der Waals surface area contributed by atoms with Crippen LogP contribution in [-0.4, -0.2) is 16.0 Å². The summed E-state index contributed by atoms with van der Waals surface area (Å²) in [5, 5.41) is 15.3. The van der Waals surface area contributed by atoms with E-state index < -0.39 is 0 Å². The Morgan fingerprint density at radius 3 is 2.67 bits per heavy atom. The Morgan fingerprint density at radius 1 is 1.04 bits per heavy atom. The smallest absolute Gasteiger partial charge is 0.224 e. The maximum absolute atomic E-state index is 11.6. The van der Waals surface area contributed by atoms with Gasteiger partial charge in [0.2, 0.25) is 5.91 Å². The van der Waals surface area contributed by atoms with Gasteiger partial charge in [0.15, 0.2) is 0 Å². The lowest BCUT2D eigenvalue weighted by atomic mass is 10.0. The molecule has 0 aliphatic carbocycles. The average Bonchev–Trinajstić information content (AvgIpc) is 2.99. The molecular weight excluding hydrogens is 320 g/mol.